The van der Waals surface area contributed by atoms with Crippen LogP contribution < -0.4 is 0 Å². The third-order valence-electron chi connectivity index (χ3n) is 2.13. The van der Waals surface area contributed by atoms with Crippen LogP contribution in [0, 0.1) is 10.1 Å². The topological polar surface area (TPSA) is 107 Å². The molecule has 0 aliphatic rings. The highest BCUT2D eigenvalue weighted by Crippen LogP contribution is 2.17. The summed E-state index contributed by atoms with van der Waals surface area (Å²) in [7, 11) is -0.511. The highest BCUT2D eigenvalue weighted by atomic mass is 32.2. The number of hydrogen-bond acceptors (Lipinski definition) is 5. The lowest BCUT2D eigenvalue weighted by Gasteiger charge is -2.10. The number of benzene rings is 1. The SMILES string of the molecule is COCC(C(=O)O)S(=O)c1ccc([N+](=O)[O-])cc1. The Balaban J connectivity index is 2.95. The zero-order valence-corrected chi connectivity index (χ0v) is 10.3. The van der Waals surface area contributed by atoms with Gasteiger partial charge in [-0.2, -0.15) is 0 Å². The van der Waals surface area contributed by atoms with Gasteiger partial charge in [-0.05, 0) is 12.1 Å². The van der Waals surface area contributed by atoms with Crippen molar-refractivity contribution in [2.45, 2.75) is 10.1 Å². The summed E-state index contributed by atoms with van der Waals surface area (Å²) in [5.41, 5.74) is -0.144. The summed E-state index contributed by atoms with van der Waals surface area (Å²) in [4.78, 5) is 21.0. The quantitative estimate of drug-likeness (QED) is 0.607. The number of non-ortho nitro benzene ring substituents is 1. The summed E-state index contributed by atoms with van der Waals surface area (Å²) in [5, 5.41) is 18.1. The van der Waals surface area contributed by atoms with Gasteiger partial charge in [0.1, 0.15) is 0 Å². The van der Waals surface area contributed by atoms with Gasteiger partial charge in [-0.25, -0.2) is 0 Å². The number of nitrogens with zero attached hydrogens (tertiary/aromatic N) is 1. The molecule has 0 aromatic heterocycles. The fourth-order valence-electron chi connectivity index (χ4n) is 1.24. The van der Waals surface area contributed by atoms with Gasteiger partial charge in [0, 0.05) is 24.1 Å². The molecule has 0 fully saturated rings. The Hall–Kier alpha value is -1.80. The number of carboxylic acid groups (broad SMARTS) is 1. The van der Waals surface area contributed by atoms with Gasteiger partial charge in [-0.1, -0.05) is 0 Å². The van der Waals surface area contributed by atoms with Gasteiger partial charge in [0.05, 0.1) is 22.3 Å². The molecule has 0 radical (unpaired) electrons. The molecule has 1 rings (SSSR count). The van der Waals surface area contributed by atoms with Crippen LogP contribution in [0.2, 0.25) is 0 Å². The van der Waals surface area contributed by atoms with Crippen LogP contribution in [0.15, 0.2) is 29.2 Å². The molecule has 0 saturated heterocycles. The largest absolute Gasteiger partial charge is 0.480 e. The highest BCUT2D eigenvalue weighted by molar-refractivity contribution is 7.86. The Bertz CT molecular complexity index is 472. The molecule has 1 aromatic rings. The second kappa shape index (κ2) is 6.22. The average Bonchev–Trinajstić information content (AvgIpc) is 2.35. The van der Waals surface area contributed by atoms with Crippen LogP contribution in [-0.2, 0) is 20.3 Å². The number of ether oxygens (including phenoxy) is 1. The molecule has 18 heavy (non-hydrogen) atoms. The number of nitro groups is 1. The van der Waals surface area contributed by atoms with Crippen LogP contribution in [0.4, 0.5) is 5.69 Å². The van der Waals surface area contributed by atoms with Gasteiger partial charge in [0.15, 0.2) is 5.25 Å². The summed E-state index contributed by atoms with van der Waals surface area (Å²) < 4.78 is 16.6. The molecule has 0 saturated carbocycles. The fourth-order valence-corrected chi connectivity index (χ4v) is 2.42. The van der Waals surface area contributed by atoms with E-state index in [4.69, 9.17) is 5.11 Å². The van der Waals surface area contributed by atoms with Crippen molar-refractivity contribution < 1.29 is 23.8 Å². The Morgan fingerprint density at radius 1 is 1.50 bits per heavy atom. The number of carboxylic acids is 1. The first-order valence-corrected chi connectivity index (χ1v) is 6.05. The van der Waals surface area contributed by atoms with Gasteiger partial charge in [-0.3, -0.25) is 19.1 Å². The molecule has 1 N–H and O–H groups in total. The van der Waals surface area contributed by atoms with Gasteiger partial charge in [-0.15, -0.1) is 0 Å². The summed E-state index contributed by atoms with van der Waals surface area (Å²) in [6, 6.07) is 4.91. The van der Waals surface area contributed by atoms with E-state index in [1.807, 2.05) is 0 Å². The normalized spacial score (nSPS) is 13.8. The first-order valence-electron chi connectivity index (χ1n) is 4.84. The van der Waals surface area contributed by atoms with E-state index in [-0.39, 0.29) is 17.2 Å². The van der Waals surface area contributed by atoms with Crippen LogP contribution in [0.1, 0.15) is 0 Å². The molecule has 0 spiro atoms. The standard InChI is InChI=1S/C10H11NO6S/c1-17-6-9(10(12)13)18(16)8-4-2-7(3-5-8)11(14)15/h2-5,9H,6H2,1H3,(H,12,13). The number of rotatable bonds is 6. The van der Waals surface area contributed by atoms with E-state index in [9.17, 15) is 19.1 Å². The number of methoxy groups -OCH3 is 1. The summed E-state index contributed by atoms with van der Waals surface area (Å²) >= 11 is 0. The van der Waals surface area contributed by atoms with Crippen LogP contribution in [-0.4, -0.2) is 39.2 Å². The van der Waals surface area contributed by atoms with Gasteiger partial charge in [0.25, 0.3) is 5.69 Å². The van der Waals surface area contributed by atoms with Crippen LogP contribution in [0.25, 0.3) is 0 Å². The Labute approximate surface area is 105 Å². The maximum atomic E-state index is 11.9. The van der Waals surface area contributed by atoms with Crippen molar-refractivity contribution in [3.8, 4) is 0 Å². The molecule has 2 atom stereocenters. The van der Waals surface area contributed by atoms with Gasteiger partial charge >= 0.3 is 5.97 Å². The lowest BCUT2D eigenvalue weighted by molar-refractivity contribution is -0.384. The molecule has 0 amide bonds. The lowest BCUT2D eigenvalue weighted by atomic mass is 10.3. The second-order valence-electron chi connectivity index (χ2n) is 3.33. The van der Waals surface area contributed by atoms with E-state index in [1.165, 1.54) is 31.4 Å². The maximum absolute atomic E-state index is 11.9. The monoisotopic (exact) mass is 273 g/mol. The molecular formula is C10H11NO6S. The van der Waals surface area contributed by atoms with E-state index in [2.05, 4.69) is 4.74 Å². The summed E-state index contributed by atoms with van der Waals surface area (Å²) in [5.74, 6) is -1.24. The van der Waals surface area contributed by atoms with Gasteiger partial charge < -0.3 is 9.84 Å². The minimum atomic E-state index is -1.82. The Morgan fingerprint density at radius 2 is 2.06 bits per heavy atom. The van der Waals surface area contributed by atoms with Crippen LogP contribution in [0.5, 0.6) is 0 Å². The Kier molecular flexibility index (Phi) is 4.93. The minimum absolute atomic E-state index is 0.144. The molecule has 7 nitrogen and oxygen atoms in total. The molecule has 0 aliphatic carbocycles. The first kappa shape index (κ1) is 14.3. The van der Waals surface area contributed by atoms with Crippen molar-refractivity contribution in [1.82, 2.24) is 0 Å². The third-order valence-corrected chi connectivity index (χ3v) is 3.72. The van der Waals surface area contributed by atoms with Crippen molar-refractivity contribution >= 4 is 22.5 Å². The molecule has 2 unspecified atom stereocenters. The number of nitro benzene ring substituents is 1. The van der Waals surface area contributed by atoms with Crippen LogP contribution in [0.3, 0.4) is 0 Å². The molecule has 0 heterocycles. The van der Waals surface area contributed by atoms with E-state index in [1.54, 1.807) is 0 Å². The zero-order valence-electron chi connectivity index (χ0n) is 9.44. The van der Waals surface area contributed by atoms with Crippen molar-refractivity contribution in [3.05, 3.63) is 34.4 Å². The molecule has 0 aliphatic heterocycles. The molecule has 1 aromatic carbocycles. The maximum Gasteiger partial charge on any atom is 0.322 e. The number of aliphatic carboxylic acids is 1. The van der Waals surface area contributed by atoms with E-state index in [0.29, 0.717) is 0 Å². The van der Waals surface area contributed by atoms with Crippen molar-refractivity contribution in [2.75, 3.05) is 13.7 Å². The lowest BCUT2D eigenvalue weighted by Crippen LogP contribution is -2.30. The number of carbonyl (C=O) groups is 1. The first-order chi connectivity index (χ1) is 8.47. The third kappa shape index (κ3) is 3.34. The fraction of sp³-hybridized carbons (Fsp3) is 0.300. The summed E-state index contributed by atoms with van der Waals surface area (Å²) in [6.07, 6.45) is 0. The van der Waals surface area contributed by atoms with Crippen molar-refractivity contribution in [3.63, 3.8) is 0 Å². The summed E-state index contributed by atoms with van der Waals surface area (Å²) in [6.45, 7) is -0.196. The van der Waals surface area contributed by atoms with Crippen molar-refractivity contribution in [1.29, 1.82) is 0 Å². The predicted molar refractivity (Wildman–Crippen MR) is 62.8 cm³/mol. The predicted octanol–water partition coefficient (Wildman–Crippen LogP) is 0.802. The molecule has 0 bridgehead atoms. The zero-order chi connectivity index (χ0) is 13.7. The van der Waals surface area contributed by atoms with Gasteiger partial charge in [0.2, 0.25) is 0 Å². The van der Waals surface area contributed by atoms with Crippen molar-refractivity contribution in [2.24, 2.45) is 0 Å². The Morgan fingerprint density at radius 3 is 2.44 bits per heavy atom. The smallest absolute Gasteiger partial charge is 0.322 e. The van der Waals surface area contributed by atoms with Crippen LogP contribution >= 0.6 is 0 Å². The highest BCUT2D eigenvalue weighted by Gasteiger charge is 2.26. The molecule has 8 heteroatoms. The molecular weight excluding hydrogens is 262 g/mol. The van der Waals surface area contributed by atoms with E-state index < -0.39 is 26.9 Å². The average molecular weight is 273 g/mol. The molecule has 98 valence electrons. The second-order valence-corrected chi connectivity index (χ2v) is 4.97. The van der Waals surface area contributed by atoms with E-state index >= 15 is 0 Å². The van der Waals surface area contributed by atoms with E-state index in [0.717, 1.165) is 0 Å². The number of hydrogen-bond donors (Lipinski definition) is 1. The minimum Gasteiger partial charge on any atom is -0.480 e.